The molecule has 144 valence electrons. The third kappa shape index (κ3) is 5.30. The van der Waals surface area contributed by atoms with Gasteiger partial charge in [0, 0.05) is 17.2 Å². The summed E-state index contributed by atoms with van der Waals surface area (Å²) in [6.07, 6.45) is 0. The van der Waals surface area contributed by atoms with Crippen LogP contribution in [0.15, 0.2) is 47.4 Å². The number of hydrogen-bond donors (Lipinski definition) is 3. The van der Waals surface area contributed by atoms with Crippen LogP contribution in [-0.2, 0) is 14.8 Å². The van der Waals surface area contributed by atoms with Gasteiger partial charge in [0.05, 0.1) is 4.90 Å². The highest BCUT2D eigenvalue weighted by Crippen LogP contribution is 2.21. The normalized spacial score (nSPS) is 11.1. The van der Waals surface area contributed by atoms with E-state index in [1.807, 2.05) is 6.92 Å². The molecule has 0 unspecified atom stereocenters. The molecule has 0 fully saturated rings. The van der Waals surface area contributed by atoms with E-state index in [1.54, 1.807) is 51.1 Å². The summed E-state index contributed by atoms with van der Waals surface area (Å²) in [4.78, 5) is 23.8. The molecule has 0 radical (unpaired) electrons. The molecule has 0 bridgehead atoms. The predicted octanol–water partition coefficient (Wildman–Crippen LogP) is 2.52. The average molecular weight is 389 g/mol. The van der Waals surface area contributed by atoms with Crippen molar-refractivity contribution in [3.8, 4) is 0 Å². The van der Waals surface area contributed by atoms with Gasteiger partial charge in [0.15, 0.2) is 0 Å². The number of benzene rings is 2. The van der Waals surface area contributed by atoms with E-state index >= 15 is 0 Å². The zero-order valence-electron chi connectivity index (χ0n) is 15.7. The zero-order chi connectivity index (χ0) is 20.2. The maximum atomic E-state index is 12.7. The Morgan fingerprint density at radius 2 is 1.56 bits per heavy atom. The molecule has 7 nitrogen and oxygen atoms in total. The van der Waals surface area contributed by atoms with Gasteiger partial charge in [0.2, 0.25) is 5.91 Å². The molecule has 0 aliphatic heterocycles. The van der Waals surface area contributed by atoms with Gasteiger partial charge in [0.25, 0.3) is 15.9 Å². The number of carbonyl (C=O) groups excluding carboxylic acids is 2. The van der Waals surface area contributed by atoms with Gasteiger partial charge >= 0.3 is 0 Å². The Labute approximate surface area is 159 Å². The Balaban J connectivity index is 2.24. The molecule has 2 amide bonds. The van der Waals surface area contributed by atoms with E-state index < -0.39 is 15.9 Å². The van der Waals surface area contributed by atoms with E-state index in [9.17, 15) is 18.0 Å². The molecule has 2 aromatic rings. The zero-order valence-corrected chi connectivity index (χ0v) is 16.5. The van der Waals surface area contributed by atoms with E-state index in [-0.39, 0.29) is 22.3 Å². The Morgan fingerprint density at radius 3 is 2.15 bits per heavy atom. The topological polar surface area (TPSA) is 104 Å². The van der Waals surface area contributed by atoms with Crippen LogP contribution in [-0.4, -0.2) is 20.2 Å². The molecule has 0 atom stereocenters. The summed E-state index contributed by atoms with van der Waals surface area (Å²) in [6, 6.07) is 11.3. The summed E-state index contributed by atoms with van der Waals surface area (Å²) in [5.74, 6) is -1.24. The summed E-state index contributed by atoms with van der Waals surface area (Å²) in [7, 11) is -3.87. The third-order valence-corrected chi connectivity index (χ3v) is 5.39. The minimum atomic E-state index is -3.87. The summed E-state index contributed by atoms with van der Waals surface area (Å²) in [5, 5.41) is 0. The number of nitrogens with one attached hydrogen (secondary N) is 3. The lowest BCUT2D eigenvalue weighted by molar-refractivity contribution is -0.124. The summed E-state index contributed by atoms with van der Waals surface area (Å²) < 4.78 is 28.0. The summed E-state index contributed by atoms with van der Waals surface area (Å²) in [5.41, 5.74) is 6.63. The van der Waals surface area contributed by atoms with Crippen LogP contribution in [0.4, 0.5) is 5.69 Å². The molecule has 0 heterocycles. The highest BCUT2D eigenvalue weighted by Gasteiger charge is 2.20. The van der Waals surface area contributed by atoms with Crippen molar-refractivity contribution in [2.24, 2.45) is 5.92 Å². The van der Waals surface area contributed by atoms with Crippen LogP contribution in [0.2, 0.25) is 0 Å². The fourth-order valence-corrected chi connectivity index (χ4v) is 3.53. The molecule has 0 saturated carbocycles. The SMILES string of the molecule is Cc1ccc(NS(=O)(=O)c2cc(C(=O)NNC(=O)C(C)C)ccc2C)cc1. The molecule has 2 aromatic carbocycles. The van der Waals surface area contributed by atoms with E-state index in [4.69, 9.17) is 0 Å². The van der Waals surface area contributed by atoms with E-state index in [0.29, 0.717) is 11.3 Å². The Morgan fingerprint density at radius 1 is 0.926 bits per heavy atom. The van der Waals surface area contributed by atoms with Gasteiger partial charge in [-0.05, 0) is 43.7 Å². The number of amides is 2. The van der Waals surface area contributed by atoms with Crippen LogP contribution < -0.4 is 15.6 Å². The molecular formula is C19H23N3O4S. The largest absolute Gasteiger partial charge is 0.280 e. The molecule has 3 N–H and O–H groups in total. The first kappa shape index (κ1) is 20.4. The van der Waals surface area contributed by atoms with Gasteiger partial charge in [-0.3, -0.25) is 25.2 Å². The molecule has 0 aromatic heterocycles. The van der Waals surface area contributed by atoms with Crippen molar-refractivity contribution >= 4 is 27.5 Å². The van der Waals surface area contributed by atoms with Crippen LogP contribution in [0.3, 0.4) is 0 Å². The molecule has 0 saturated heterocycles. The fraction of sp³-hybridized carbons (Fsp3) is 0.263. The van der Waals surface area contributed by atoms with Crippen LogP contribution in [0.1, 0.15) is 35.3 Å². The van der Waals surface area contributed by atoms with Crippen LogP contribution in [0.5, 0.6) is 0 Å². The second kappa shape index (κ2) is 8.22. The van der Waals surface area contributed by atoms with Crippen molar-refractivity contribution < 1.29 is 18.0 Å². The minimum absolute atomic E-state index is 0.00842. The molecule has 27 heavy (non-hydrogen) atoms. The number of hydrazine groups is 1. The van der Waals surface area contributed by atoms with Crippen molar-refractivity contribution in [2.45, 2.75) is 32.6 Å². The highest BCUT2D eigenvalue weighted by molar-refractivity contribution is 7.92. The molecule has 0 aliphatic carbocycles. The predicted molar refractivity (Wildman–Crippen MR) is 104 cm³/mol. The minimum Gasteiger partial charge on any atom is -0.280 e. The Hall–Kier alpha value is -2.87. The summed E-state index contributed by atoms with van der Waals surface area (Å²) >= 11 is 0. The van der Waals surface area contributed by atoms with E-state index in [1.165, 1.54) is 12.1 Å². The number of sulfonamides is 1. The maximum absolute atomic E-state index is 12.7. The lowest BCUT2D eigenvalue weighted by atomic mass is 10.1. The van der Waals surface area contributed by atoms with Gasteiger partial charge in [-0.25, -0.2) is 8.42 Å². The Bertz CT molecular complexity index is 951. The summed E-state index contributed by atoms with van der Waals surface area (Å²) in [6.45, 7) is 6.93. The van der Waals surface area contributed by atoms with Crippen LogP contribution in [0, 0.1) is 19.8 Å². The molecule has 0 aliphatic rings. The van der Waals surface area contributed by atoms with Gasteiger partial charge in [-0.1, -0.05) is 37.6 Å². The Kier molecular flexibility index (Phi) is 6.22. The van der Waals surface area contributed by atoms with Gasteiger partial charge in [0.1, 0.15) is 0 Å². The lowest BCUT2D eigenvalue weighted by Gasteiger charge is -2.13. The van der Waals surface area contributed by atoms with Crippen molar-refractivity contribution in [3.63, 3.8) is 0 Å². The van der Waals surface area contributed by atoms with Gasteiger partial charge in [-0.15, -0.1) is 0 Å². The van der Waals surface area contributed by atoms with Crippen molar-refractivity contribution in [2.75, 3.05) is 4.72 Å². The first-order valence-corrected chi connectivity index (χ1v) is 9.89. The third-order valence-electron chi connectivity index (χ3n) is 3.87. The van der Waals surface area contributed by atoms with Gasteiger partial charge < -0.3 is 0 Å². The first-order chi connectivity index (χ1) is 12.6. The number of aryl methyl sites for hydroxylation is 2. The maximum Gasteiger partial charge on any atom is 0.269 e. The standard InChI is InChI=1S/C19H23N3O4S/c1-12(2)18(23)20-21-19(24)15-8-7-14(4)17(11-15)27(25,26)22-16-9-5-13(3)6-10-16/h5-12,22H,1-4H3,(H,20,23)(H,21,24). The number of hydrogen-bond acceptors (Lipinski definition) is 4. The monoisotopic (exact) mass is 389 g/mol. The quantitative estimate of drug-likeness (QED) is 0.684. The lowest BCUT2D eigenvalue weighted by Crippen LogP contribution is -2.43. The van der Waals surface area contributed by atoms with E-state index in [2.05, 4.69) is 15.6 Å². The van der Waals surface area contributed by atoms with Crippen LogP contribution in [0.25, 0.3) is 0 Å². The molecule has 2 rings (SSSR count). The second-order valence-electron chi connectivity index (χ2n) is 6.55. The van der Waals surface area contributed by atoms with Crippen molar-refractivity contribution in [3.05, 3.63) is 59.2 Å². The number of anilines is 1. The van der Waals surface area contributed by atoms with Crippen LogP contribution >= 0.6 is 0 Å². The highest BCUT2D eigenvalue weighted by atomic mass is 32.2. The molecule has 0 spiro atoms. The smallest absolute Gasteiger partial charge is 0.269 e. The van der Waals surface area contributed by atoms with Crippen molar-refractivity contribution in [1.82, 2.24) is 10.9 Å². The molecule has 8 heteroatoms. The van der Waals surface area contributed by atoms with Crippen molar-refractivity contribution in [1.29, 1.82) is 0 Å². The fourth-order valence-electron chi connectivity index (χ4n) is 2.20. The first-order valence-electron chi connectivity index (χ1n) is 8.40. The average Bonchev–Trinajstić information content (AvgIpc) is 2.61. The number of carbonyl (C=O) groups is 2. The van der Waals surface area contributed by atoms with E-state index in [0.717, 1.165) is 5.56 Å². The second-order valence-corrected chi connectivity index (χ2v) is 8.20. The molecular weight excluding hydrogens is 366 g/mol. The van der Waals surface area contributed by atoms with Gasteiger partial charge in [-0.2, -0.15) is 0 Å². The number of rotatable bonds is 5.